The highest BCUT2D eigenvalue weighted by molar-refractivity contribution is 7.89. The number of fused-ring (bicyclic) bond motifs is 1. The van der Waals surface area contributed by atoms with Gasteiger partial charge in [0.2, 0.25) is 10.0 Å². The summed E-state index contributed by atoms with van der Waals surface area (Å²) in [6, 6.07) is 4.46. The van der Waals surface area contributed by atoms with Crippen molar-refractivity contribution in [3.63, 3.8) is 0 Å². The number of oxazole rings is 1. The van der Waals surface area contributed by atoms with Gasteiger partial charge in [-0.15, -0.1) is 0 Å². The van der Waals surface area contributed by atoms with Crippen molar-refractivity contribution in [1.82, 2.24) is 9.29 Å². The summed E-state index contributed by atoms with van der Waals surface area (Å²) in [5.74, 6) is -0.590. The van der Waals surface area contributed by atoms with E-state index < -0.39 is 15.8 Å². The predicted octanol–water partition coefficient (Wildman–Crippen LogP) is 1.45. The van der Waals surface area contributed by atoms with Crippen LogP contribution in [0.3, 0.4) is 0 Å². The van der Waals surface area contributed by atoms with Gasteiger partial charge in [0.15, 0.2) is 5.58 Å². The number of nitrogens with one attached hydrogen (secondary N) is 1. The number of rotatable bonds is 2. The van der Waals surface area contributed by atoms with Gasteiger partial charge in [0.1, 0.15) is 0 Å². The number of ether oxygens (including phenoxy) is 1. The molecular weight excluding hydrogens is 320 g/mol. The van der Waals surface area contributed by atoms with E-state index in [1.54, 1.807) is 6.07 Å². The highest BCUT2D eigenvalue weighted by Gasteiger charge is 2.41. The molecule has 0 bridgehead atoms. The van der Waals surface area contributed by atoms with Gasteiger partial charge in [-0.05, 0) is 37.8 Å². The summed E-state index contributed by atoms with van der Waals surface area (Å²) in [7, 11) is -3.59. The summed E-state index contributed by atoms with van der Waals surface area (Å²) >= 11 is 0. The zero-order valence-corrected chi connectivity index (χ0v) is 13.4. The van der Waals surface area contributed by atoms with Crippen LogP contribution in [0.25, 0.3) is 11.1 Å². The van der Waals surface area contributed by atoms with Crippen molar-refractivity contribution >= 4 is 21.1 Å². The molecule has 0 unspecified atom stereocenters. The van der Waals surface area contributed by atoms with Crippen LogP contribution in [0.15, 0.2) is 32.3 Å². The van der Waals surface area contributed by atoms with Gasteiger partial charge in [-0.1, -0.05) is 0 Å². The molecule has 1 aromatic carbocycles. The Morgan fingerprint density at radius 3 is 2.65 bits per heavy atom. The van der Waals surface area contributed by atoms with Gasteiger partial charge in [0.05, 0.1) is 16.0 Å². The molecule has 1 aromatic heterocycles. The van der Waals surface area contributed by atoms with Crippen LogP contribution >= 0.6 is 0 Å². The molecule has 8 heteroatoms. The number of hydrogen-bond donors (Lipinski definition) is 1. The minimum atomic E-state index is -3.59. The third-order valence-electron chi connectivity index (χ3n) is 4.85. The van der Waals surface area contributed by atoms with E-state index in [1.165, 1.54) is 16.4 Å². The van der Waals surface area contributed by atoms with Gasteiger partial charge < -0.3 is 9.15 Å². The average Bonchev–Trinajstić information content (AvgIpc) is 3.12. The fourth-order valence-corrected chi connectivity index (χ4v) is 4.98. The van der Waals surface area contributed by atoms with Crippen LogP contribution < -0.4 is 5.76 Å². The fourth-order valence-electron chi connectivity index (χ4n) is 3.52. The molecule has 2 aliphatic heterocycles. The van der Waals surface area contributed by atoms with Crippen molar-refractivity contribution in [2.45, 2.75) is 36.2 Å². The monoisotopic (exact) mass is 338 g/mol. The number of aromatic nitrogens is 1. The van der Waals surface area contributed by atoms with E-state index in [4.69, 9.17) is 9.15 Å². The Balaban J connectivity index is 1.60. The topological polar surface area (TPSA) is 92.6 Å². The third-order valence-corrected chi connectivity index (χ3v) is 6.74. The first-order valence-electron chi connectivity index (χ1n) is 7.76. The van der Waals surface area contributed by atoms with Crippen molar-refractivity contribution in [2.75, 3.05) is 19.7 Å². The van der Waals surface area contributed by atoms with Gasteiger partial charge in [0, 0.05) is 25.8 Å². The summed E-state index contributed by atoms with van der Waals surface area (Å²) in [4.78, 5) is 13.9. The number of H-pyrrole nitrogens is 1. The first-order valence-corrected chi connectivity index (χ1v) is 9.20. The molecule has 3 heterocycles. The smallest absolute Gasteiger partial charge is 0.408 e. The summed E-state index contributed by atoms with van der Waals surface area (Å²) in [5.41, 5.74) is 0.623. The summed E-state index contributed by atoms with van der Waals surface area (Å²) in [6.45, 7) is 1.69. The number of nitrogens with zero attached hydrogens (tertiary/aromatic N) is 1. The zero-order chi connectivity index (χ0) is 16.1. The van der Waals surface area contributed by atoms with Gasteiger partial charge in [-0.3, -0.25) is 4.98 Å². The molecule has 0 atom stereocenters. The molecule has 124 valence electrons. The van der Waals surface area contributed by atoms with Gasteiger partial charge >= 0.3 is 5.76 Å². The van der Waals surface area contributed by atoms with Gasteiger partial charge in [0.25, 0.3) is 0 Å². The average molecular weight is 338 g/mol. The molecule has 1 spiro atoms. The summed E-state index contributed by atoms with van der Waals surface area (Å²) < 4.78 is 37.9. The number of piperidine rings is 1. The van der Waals surface area contributed by atoms with E-state index in [0.29, 0.717) is 18.6 Å². The lowest BCUT2D eigenvalue weighted by Gasteiger charge is -2.37. The van der Waals surface area contributed by atoms with Gasteiger partial charge in [-0.25, -0.2) is 13.2 Å². The number of aromatic amines is 1. The Hall–Kier alpha value is -1.64. The van der Waals surface area contributed by atoms with Crippen molar-refractivity contribution < 1.29 is 17.6 Å². The third kappa shape index (κ3) is 2.50. The Morgan fingerprint density at radius 1 is 1.17 bits per heavy atom. The predicted molar refractivity (Wildman–Crippen MR) is 82.7 cm³/mol. The maximum absolute atomic E-state index is 12.8. The highest BCUT2D eigenvalue weighted by Crippen LogP contribution is 2.37. The van der Waals surface area contributed by atoms with Crippen LogP contribution in [0.4, 0.5) is 0 Å². The Morgan fingerprint density at radius 2 is 1.96 bits per heavy atom. The maximum atomic E-state index is 12.8. The molecule has 23 heavy (non-hydrogen) atoms. The molecule has 2 saturated heterocycles. The van der Waals surface area contributed by atoms with E-state index in [-0.39, 0.29) is 16.1 Å². The molecule has 7 nitrogen and oxygen atoms in total. The van der Waals surface area contributed by atoms with E-state index >= 15 is 0 Å². The summed E-state index contributed by atoms with van der Waals surface area (Å²) in [5, 5.41) is 0. The normalized spacial score (nSPS) is 22.1. The first-order chi connectivity index (χ1) is 11.0. The molecule has 1 N–H and O–H groups in total. The van der Waals surface area contributed by atoms with E-state index in [1.807, 2.05) is 0 Å². The number of benzene rings is 1. The minimum Gasteiger partial charge on any atom is -0.408 e. The Bertz CT molecular complexity index is 882. The largest absolute Gasteiger partial charge is 0.417 e. The minimum absolute atomic E-state index is 0.122. The van der Waals surface area contributed by atoms with E-state index in [0.717, 1.165) is 32.3 Å². The SMILES string of the molecule is O=c1[nH]c2ccc(S(=O)(=O)N3CCC4(CCCO4)CC3)cc2o1. The standard InChI is InChI=1S/C15H18N2O5S/c18-14-16-12-3-2-11(10-13(12)22-14)23(19,20)17-7-5-15(6-8-17)4-1-9-21-15/h2-3,10H,1,4-9H2,(H,16,18). The lowest BCUT2D eigenvalue weighted by Crippen LogP contribution is -2.46. The zero-order valence-electron chi connectivity index (χ0n) is 12.6. The highest BCUT2D eigenvalue weighted by atomic mass is 32.2. The number of hydrogen-bond acceptors (Lipinski definition) is 5. The van der Waals surface area contributed by atoms with Crippen LogP contribution in [0, 0.1) is 0 Å². The molecule has 2 aliphatic rings. The molecule has 0 amide bonds. The van der Waals surface area contributed by atoms with Crippen LogP contribution in [-0.2, 0) is 14.8 Å². The second kappa shape index (κ2) is 5.19. The second-order valence-corrected chi connectivity index (χ2v) is 8.15. The fraction of sp³-hybridized carbons (Fsp3) is 0.533. The molecule has 0 saturated carbocycles. The van der Waals surface area contributed by atoms with Gasteiger partial charge in [-0.2, -0.15) is 4.31 Å². The quantitative estimate of drug-likeness (QED) is 0.895. The van der Waals surface area contributed by atoms with Crippen molar-refractivity contribution in [2.24, 2.45) is 0 Å². The first kappa shape index (κ1) is 14.9. The summed E-state index contributed by atoms with van der Waals surface area (Å²) in [6.07, 6.45) is 3.53. The molecule has 4 rings (SSSR count). The van der Waals surface area contributed by atoms with E-state index in [2.05, 4.69) is 4.98 Å². The molecular formula is C15H18N2O5S. The lowest BCUT2D eigenvalue weighted by molar-refractivity contribution is -0.0309. The molecule has 0 radical (unpaired) electrons. The second-order valence-electron chi connectivity index (χ2n) is 6.21. The lowest BCUT2D eigenvalue weighted by atomic mass is 9.90. The molecule has 2 fully saturated rings. The van der Waals surface area contributed by atoms with Crippen molar-refractivity contribution in [1.29, 1.82) is 0 Å². The molecule has 0 aliphatic carbocycles. The van der Waals surface area contributed by atoms with E-state index in [9.17, 15) is 13.2 Å². The van der Waals surface area contributed by atoms with Crippen LogP contribution in [0.2, 0.25) is 0 Å². The Labute approximate surface area is 133 Å². The van der Waals surface area contributed by atoms with Crippen molar-refractivity contribution in [3.8, 4) is 0 Å². The Kier molecular flexibility index (Phi) is 3.36. The molecule has 2 aromatic rings. The number of sulfonamides is 1. The maximum Gasteiger partial charge on any atom is 0.417 e. The van der Waals surface area contributed by atoms with Crippen molar-refractivity contribution in [3.05, 3.63) is 28.7 Å². The van der Waals surface area contributed by atoms with Crippen LogP contribution in [0.1, 0.15) is 25.7 Å². The van der Waals surface area contributed by atoms with Crippen LogP contribution in [-0.4, -0.2) is 43.0 Å². The van der Waals surface area contributed by atoms with Crippen LogP contribution in [0.5, 0.6) is 0 Å².